The molecule has 0 spiro atoms. The van der Waals surface area contributed by atoms with Crippen LogP contribution in [0.25, 0.3) is 0 Å². The maximum atomic E-state index is 13.2. The van der Waals surface area contributed by atoms with Crippen molar-refractivity contribution in [1.29, 1.82) is 0 Å². The maximum Gasteiger partial charge on any atom is 0.296 e. The smallest absolute Gasteiger partial charge is 0.296 e. The Kier molecular flexibility index (Phi) is 4.22. The number of carbonyl (C=O) groups is 2. The van der Waals surface area contributed by atoms with E-state index >= 15 is 0 Å². The number of anilines is 1. The van der Waals surface area contributed by atoms with E-state index in [1.165, 1.54) is 38.9 Å². The molecule has 9 heteroatoms. The van der Waals surface area contributed by atoms with Gasteiger partial charge in [0.1, 0.15) is 6.04 Å². The number of ketones is 1. The quantitative estimate of drug-likeness (QED) is 0.664. The number of aryl methyl sites for hydroxylation is 2. The van der Waals surface area contributed by atoms with Crippen molar-refractivity contribution in [3.05, 3.63) is 60.9 Å². The Balaban J connectivity index is 1.87. The van der Waals surface area contributed by atoms with Crippen molar-refractivity contribution in [1.82, 2.24) is 9.97 Å². The first-order valence-electron chi connectivity index (χ1n) is 7.67. The highest BCUT2D eigenvalue weighted by molar-refractivity contribution is 7.14. The van der Waals surface area contributed by atoms with Crippen LogP contribution in [0.4, 0.5) is 5.13 Å². The number of aliphatic hydroxyl groups is 1. The molecule has 1 aliphatic rings. The van der Waals surface area contributed by atoms with Crippen molar-refractivity contribution < 1.29 is 14.7 Å². The second-order valence-electron chi connectivity index (χ2n) is 5.65. The second kappa shape index (κ2) is 6.42. The molecule has 6 nitrogen and oxygen atoms in total. The van der Waals surface area contributed by atoms with E-state index < -0.39 is 17.7 Å². The minimum atomic E-state index is -0.692. The Bertz CT molecular complexity index is 1020. The third-order valence-electron chi connectivity index (χ3n) is 4.00. The Hall–Kier alpha value is -2.36. The number of thiazole rings is 2. The molecule has 1 N–H and O–H groups in total. The van der Waals surface area contributed by atoms with E-state index in [9.17, 15) is 14.7 Å². The molecule has 0 aliphatic carbocycles. The molecule has 1 atom stereocenters. The van der Waals surface area contributed by atoms with Gasteiger partial charge in [-0.15, -0.1) is 34.0 Å². The van der Waals surface area contributed by atoms with E-state index in [1.807, 2.05) is 24.4 Å². The SMILES string of the molecule is Cc1nc(C)c(C(=O)C2=C(O)C(=O)N(c3nccs3)C2c2cccs2)s1. The van der Waals surface area contributed by atoms with Crippen molar-refractivity contribution in [3.63, 3.8) is 0 Å². The lowest BCUT2D eigenvalue weighted by molar-refractivity contribution is -0.117. The first-order chi connectivity index (χ1) is 12.5. The molecule has 0 saturated carbocycles. The van der Waals surface area contributed by atoms with Gasteiger partial charge in [-0.25, -0.2) is 9.97 Å². The van der Waals surface area contributed by atoms with Crippen LogP contribution in [0.15, 0.2) is 40.4 Å². The van der Waals surface area contributed by atoms with E-state index in [-0.39, 0.29) is 11.4 Å². The van der Waals surface area contributed by atoms with Crippen molar-refractivity contribution in [3.8, 4) is 0 Å². The number of hydrogen-bond acceptors (Lipinski definition) is 8. The van der Waals surface area contributed by atoms with Crippen LogP contribution in [0.5, 0.6) is 0 Å². The minimum absolute atomic E-state index is 0.0828. The topological polar surface area (TPSA) is 83.4 Å². The summed E-state index contributed by atoms with van der Waals surface area (Å²) in [5, 5.41) is 15.4. The monoisotopic (exact) mass is 403 g/mol. The fourth-order valence-corrected chi connectivity index (χ4v) is 5.31. The number of thiophene rings is 1. The molecule has 4 rings (SSSR count). The second-order valence-corrected chi connectivity index (χ2v) is 8.70. The van der Waals surface area contributed by atoms with Crippen LogP contribution >= 0.6 is 34.0 Å². The maximum absolute atomic E-state index is 13.2. The van der Waals surface area contributed by atoms with Crippen molar-refractivity contribution in [2.24, 2.45) is 0 Å². The van der Waals surface area contributed by atoms with Gasteiger partial charge in [0.05, 0.1) is 21.2 Å². The van der Waals surface area contributed by atoms with E-state index in [0.717, 1.165) is 9.88 Å². The van der Waals surface area contributed by atoms with E-state index in [2.05, 4.69) is 9.97 Å². The highest BCUT2D eigenvalue weighted by Crippen LogP contribution is 2.44. The molecule has 4 heterocycles. The summed E-state index contributed by atoms with van der Waals surface area (Å²) >= 11 is 3.97. The molecule has 0 saturated heterocycles. The van der Waals surface area contributed by atoms with Crippen LogP contribution in [0.3, 0.4) is 0 Å². The minimum Gasteiger partial charge on any atom is -0.503 e. The molecule has 1 amide bonds. The average molecular weight is 404 g/mol. The summed E-state index contributed by atoms with van der Waals surface area (Å²) in [5.74, 6) is -1.49. The molecule has 1 unspecified atom stereocenters. The number of Topliss-reactive ketones (excluding diaryl/α,β-unsaturated/α-hetero) is 1. The predicted octanol–water partition coefficient (Wildman–Crippen LogP) is 4.06. The van der Waals surface area contributed by atoms with Gasteiger partial charge in [0.2, 0.25) is 5.78 Å². The molecule has 0 aromatic carbocycles. The summed E-state index contributed by atoms with van der Waals surface area (Å²) in [6.45, 7) is 3.57. The van der Waals surface area contributed by atoms with Gasteiger partial charge < -0.3 is 5.11 Å². The zero-order chi connectivity index (χ0) is 18.4. The summed E-state index contributed by atoms with van der Waals surface area (Å²) in [6.07, 6.45) is 1.59. The molecular weight excluding hydrogens is 390 g/mol. The van der Waals surface area contributed by atoms with Gasteiger partial charge in [-0.3, -0.25) is 14.5 Å². The summed E-state index contributed by atoms with van der Waals surface area (Å²) < 4.78 is 0. The molecule has 132 valence electrons. The number of aromatic nitrogens is 2. The van der Waals surface area contributed by atoms with Gasteiger partial charge in [0.15, 0.2) is 10.9 Å². The molecule has 0 fully saturated rings. The molecule has 3 aromatic heterocycles. The van der Waals surface area contributed by atoms with Crippen LogP contribution in [0.1, 0.15) is 31.3 Å². The van der Waals surface area contributed by atoms with Gasteiger partial charge in [0.25, 0.3) is 5.91 Å². The summed E-state index contributed by atoms with van der Waals surface area (Å²) in [6, 6.07) is 3.01. The number of aliphatic hydroxyl groups excluding tert-OH is 1. The lowest BCUT2D eigenvalue weighted by Gasteiger charge is -2.22. The van der Waals surface area contributed by atoms with Crippen LogP contribution in [0, 0.1) is 13.8 Å². The van der Waals surface area contributed by atoms with Crippen molar-refractivity contribution in [2.45, 2.75) is 19.9 Å². The van der Waals surface area contributed by atoms with Gasteiger partial charge >= 0.3 is 0 Å². The zero-order valence-corrected chi connectivity index (χ0v) is 16.2. The number of carbonyl (C=O) groups excluding carboxylic acids is 2. The lowest BCUT2D eigenvalue weighted by atomic mass is 10.0. The van der Waals surface area contributed by atoms with Crippen molar-refractivity contribution in [2.75, 3.05) is 4.90 Å². The molecule has 0 radical (unpaired) electrons. The van der Waals surface area contributed by atoms with E-state index in [4.69, 9.17) is 0 Å². The number of rotatable bonds is 4. The van der Waals surface area contributed by atoms with Crippen LogP contribution in [-0.4, -0.2) is 26.8 Å². The Morgan fingerprint density at radius 2 is 2.08 bits per heavy atom. The Morgan fingerprint density at radius 1 is 1.27 bits per heavy atom. The molecular formula is C17H13N3O3S3. The highest BCUT2D eigenvalue weighted by Gasteiger charge is 2.46. The number of nitrogens with zero attached hydrogens (tertiary/aromatic N) is 3. The fourth-order valence-electron chi connectivity index (χ4n) is 2.95. The molecule has 0 bridgehead atoms. The first kappa shape index (κ1) is 17.1. The average Bonchev–Trinajstić information content (AvgIpc) is 3.36. The normalized spacial score (nSPS) is 17.4. The third kappa shape index (κ3) is 2.59. The Morgan fingerprint density at radius 3 is 2.65 bits per heavy atom. The van der Waals surface area contributed by atoms with Crippen LogP contribution in [0.2, 0.25) is 0 Å². The van der Waals surface area contributed by atoms with Crippen molar-refractivity contribution >= 4 is 50.8 Å². The van der Waals surface area contributed by atoms with Gasteiger partial charge in [0, 0.05) is 16.5 Å². The summed E-state index contributed by atoms with van der Waals surface area (Å²) in [7, 11) is 0. The summed E-state index contributed by atoms with van der Waals surface area (Å²) in [5.41, 5.74) is 0.683. The van der Waals surface area contributed by atoms with E-state index in [0.29, 0.717) is 15.7 Å². The zero-order valence-electron chi connectivity index (χ0n) is 13.8. The number of hydrogen-bond donors (Lipinski definition) is 1. The number of amides is 1. The molecule has 26 heavy (non-hydrogen) atoms. The predicted molar refractivity (Wildman–Crippen MR) is 102 cm³/mol. The molecule has 3 aromatic rings. The third-order valence-corrected chi connectivity index (χ3v) is 6.77. The largest absolute Gasteiger partial charge is 0.503 e. The van der Waals surface area contributed by atoms with Gasteiger partial charge in [-0.2, -0.15) is 0 Å². The van der Waals surface area contributed by atoms with Crippen LogP contribution in [-0.2, 0) is 4.79 Å². The Labute approximate surface area is 161 Å². The van der Waals surface area contributed by atoms with Gasteiger partial charge in [-0.1, -0.05) is 6.07 Å². The summed E-state index contributed by atoms with van der Waals surface area (Å²) in [4.78, 5) is 37.1. The fraction of sp³-hybridized carbons (Fsp3) is 0.176. The lowest BCUT2D eigenvalue weighted by Crippen LogP contribution is -2.30. The van der Waals surface area contributed by atoms with E-state index in [1.54, 1.807) is 18.5 Å². The standard InChI is InChI=1S/C17H13N3O3S3/c1-8-15(26-9(2)19-8)13(21)11-12(10-4-3-6-24-10)20(16(23)14(11)22)17-18-5-7-25-17/h3-7,12,22H,1-2H3. The highest BCUT2D eigenvalue weighted by atomic mass is 32.1. The van der Waals surface area contributed by atoms with Gasteiger partial charge in [-0.05, 0) is 25.3 Å². The van der Waals surface area contributed by atoms with Crippen LogP contribution < -0.4 is 4.90 Å². The first-order valence-corrected chi connectivity index (χ1v) is 10.2. The molecule has 1 aliphatic heterocycles.